The summed E-state index contributed by atoms with van der Waals surface area (Å²) in [6.45, 7) is 10.2. The Morgan fingerprint density at radius 2 is 2.08 bits per heavy atom. The van der Waals surface area contributed by atoms with Crippen LogP contribution in [-0.2, 0) is 0 Å². The van der Waals surface area contributed by atoms with Gasteiger partial charge in [0.2, 0.25) is 0 Å². The number of hydrogen-bond donors (Lipinski definition) is 1. The molecule has 12 heavy (non-hydrogen) atoms. The Morgan fingerprint density at radius 1 is 1.42 bits per heavy atom. The number of nitrogens with zero attached hydrogens (tertiary/aromatic N) is 1. The highest BCUT2D eigenvalue weighted by Gasteiger charge is 2.26. The molecule has 1 heterocycles. The standard InChI is InChI=1S/C10H22N2/c1-8(2)9(3)12-5-4-10(6-11)7-12/h8-10H,4-7,11H2,1-3H3. The molecule has 0 saturated carbocycles. The molecular formula is C10H22N2. The van der Waals surface area contributed by atoms with Crippen LogP contribution in [-0.4, -0.2) is 30.6 Å². The zero-order valence-electron chi connectivity index (χ0n) is 8.59. The monoisotopic (exact) mass is 170 g/mol. The molecule has 2 N–H and O–H groups in total. The van der Waals surface area contributed by atoms with Gasteiger partial charge in [-0.1, -0.05) is 13.8 Å². The van der Waals surface area contributed by atoms with E-state index in [4.69, 9.17) is 5.73 Å². The summed E-state index contributed by atoms with van der Waals surface area (Å²) in [5.74, 6) is 1.52. The second kappa shape index (κ2) is 4.24. The first-order chi connectivity index (χ1) is 5.65. The van der Waals surface area contributed by atoms with E-state index in [9.17, 15) is 0 Å². The molecule has 2 atom stereocenters. The first-order valence-electron chi connectivity index (χ1n) is 5.09. The fourth-order valence-corrected chi connectivity index (χ4v) is 1.85. The van der Waals surface area contributed by atoms with Crippen LogP contribution in [0.1, 0.15) is 27.2 Å². The quantitative estimate of drug-likeness (QED) is 0.692. The van der Waals surface area contributed by atoms with Gasteiger partial charge in [-0.25, -0.2) is 0 Å². The first kappa shape index (κ1) is 10.0. The van der Waals surface area contributed by atoms with Crippen LogP contribution in [0, 0.1) is 11.8 Å². The average molecular weight is 170 g/mol. The Bertz CT molecular complexity index is 134. The Labute approximate surface area is 76.1 Å². The van der Waals surface area contributed by atoms with Crippen molar-refractivity contribution >= 4 is 0 Å². The molecule has 0 bridgehead atoms. The van der Waals surface area contributed by atoms with Gasteiger partial charge < -0.3 is 10.6 Å². The molecular weight excluding hydrogens is 148 g/mol. The Morgan fingerprint density at radius 3 is 2.50 bits per heavy atom. The van der Waals surface area contributed by atoms with Crippen molar-refractivity contribution in [3.8, 4) is 0 Å². The van der Waals surface area contributed by atoms with Gasteiger partial charge >= 0.3 is 0 Å². The third kappa shape index (κ3) is 2.20. The van der Waals surface area contributed by atoms with Crippen molar-refractivity contribution in [2.75, 3.05) is 19.6 Å². The van der Waals surface area contributed by atoms with Crippen LogP contribution in [0.15, 0.2) is 0 Å². The summed E-state index contributed by atoms with van der Waals surface area (Å²) in [5, 5.41) is 0. The topological polar surface area (TPSA) is 29.3 Å². The Balaban J connectivity index is 2.35. The van der Waals surface area contributed by atoms with Crippen molar-refractivity contribution in [1.82, 2.24) is 4.90 Å². The van der Waals surface area contributed by atoms with Crippen LogP contribution >= 0.6 is 0 Å². The molecule has 2 nitrogen and oxygen atoms in total. The molecule has 2 heteroatoms. The van der Waals surface area contributed by atoms with E-state index in [0.29, 0.717) is 0 Å². The summed E-state index contributed by atoms with van der Waals surface area (Å²) >= 11 is 0. The third-order valence-corrected chi connectivity index (χ3v) is 3.19. The van der Waals surface area contributed by atoms with E-state index in [1.807, 2.05) is 0 Å². The number of nitrogens with two attached hydrogens (primary N) is 1. The van der Waals surface area contributed by atoms with Crippen LogP contribution in [0.5, 0.6) is 0 Å². The predicted molar refractivity (Wildman–Crippen MR) is 53.0 cm³/mol. The fraction of sp³-hybridized carbons (Fsp3) is 1.00. The second-order valence-corrected chi connectivity index (χ2v) is 4.37. The van der Waals surface area contributed by atoms with Crippen molar-refractivity contribution in [2.45, 2.75) is 33.2 Å². The molecule has 0 aromatic carbocycles. The lowest BCUT2D eigenvalue weighted by atomic mass is 10.1. The summed E-state index contributed by atoms with van der Waals surface area (Å²) in [6.07, 6.45) is 1.30. The summed E-state index contributed by atoms with van der Waals surface area (Å²) in [4.78, 5) is 2.57. The molecule has 0 aromatic heterocycles. The van der Waals surface area contributed by atoms with Crippen molar-refractivity contribution in [3.63, 3.8) is 0 Å². The SMILES string of the molecule is CC(C)C(C)N1CCC(CN)C1. The van der Waals surface area contributed by atoms with Crippen molar-refractivity contribution in [1.29, 1.82) is 0 Å². The van der Waals surface area contributed by atoms with Gasteiger partial charge in [0, 0.05) is 12.6 Å². The third-order valence-electron chi connectivity index (χ3n) is 3.19. The van der Waals surface area contributed by atoms with E-state index in [-0.39, 0.29) is 0 Å². The molecule has 1 aliphatic rings. The maximum Gasteiger partial charge on any atom is 0.00900 e. The minimum absolute atomic E-state index is 0.724. The molecule has 1 saturated heterocycles. The van der Waals surface area contributed by atoms with Crippen molar-refractivity contribution in [2.24, 2.45) is 17.6 Å². The molecule has 0 aliphatic carbocycles. The van der Waals surface area contributed by atoms with Crippen LogP contribution in [0.3, 0.4) is 0 Å². The second-order valence-electron chi connectivity index (χ2n) is 4.37. The van der Waals surface area contributed by atoms with E-state index < -0.39 is 0 Å². The van der Waals surface area contributed by atoms with Crippen LogP contribution in [0.4, 0.5) is 0 Å². The van der Waals surface area contributed by atoms with Gasteiger partial charge in [0.15, 0.2) is 0 Å². The molecule has 0 aromatic rings. The highest BCUT2D eigenvalue weighted by atomic mass is 15.2. The van der Waals surface area contributed by atoms with E-state index in [0.717, 1.165) is 24.4 Å². The van der Waals surface area contributed by atoms with Crippen molar-refractivity contribution in [3.05, 3.63) is 0 Å². The molecule has 1 aliphatic heterocycles. The van der Waals surface area contributed by atoms with Gasteiger partial charge in [-0.3, -0.25) is 0 Å². The molecule has 0 spiro atoms. The minimum Gasteiger partial charge on any atom is -0.330 e. The lowest BCUT2D eigenvalue weighted by Crippen LogP contribution is -2.35. The predicted octanol–water partition coefficient (Wildman–Crippen LogP) is 1.31. The average Bonchev–Trinajstić information content (AvgIpc) is 2.50. The lowest BCUT2D eigenvalue weighted by molar-refractivity contribution is 0.201. The van der Waals surface area contributed by atoms with Gasteiger partial charge in [-0.15, -0.1) is 0 Å². The van der Waals surface area contributed by atoms with E-state index in [1.54, 1.807) is 0 Å². The highest BCUT2D eigenvalue weighted by Crippen LogP contribution is 2.20. The number of hydrogen-bond acceptors (Lipinski definition) is 2. The molecule has 1 rings (SSSR count). The minimum atomic E-state index is 0.724. The summed E-state index contributed by atoms with van der Waals surface area (Å²) in [7, 11) is 0. The van der Waals surface area contributed by atoms with Crippen LogP contribution in [0.2, 0.25) is 0 Å². The maximum absolute atomic E-state index is 5.65. The van der Waals surface area contributed by atoms with Gasteiger partial charge in [0.05, 0.1) is 0 Å². The smallest absolute Gasteiger partial charge is 0.00900 e. The molecule has 1 fully saturated rings. The maximum atomic E-state index is 5.65. The first-order valence-corrected chi connectivity index (χ1v) is 5.09. The van der Waals surface area contributed by atoms with Gasteiger partial charge in [0.25, 0.3) is 0 Å². The van der Waals surface area contributed by atoms with Crippen LogP contribution in [0.25, 0.3) is 0 Å². The van der Waals surface area contributed by atoms with E-state index in [2.05, 4.69) is 25.7 Å². The zero-order chi connectivity index (χ0) is 9.14. The van der Waals surface area contributed by atoms with Gasteiger partial charge in [-0.2, -0.15) is 0 Å². The van der Waals surface area contributed by atoms with E-state index >= 15 is 0 Å². The van der Waals surface area contributed by atoms with Crippen LogP contribution < -0.4 is 5.73 Å². The van der Waals surface area contributed by atoms with Gasteiger partial charge in [-0.05, 0) is 38.3 Å². The van der Waals surface area contributed by atoms with Gasteiger partial charge in [0.1, 0.15) is 0 Å². The zero-order valence-corrected chi connectivity index (χ0v) is 8.59. The summed E-state index contributed by atoms with van der Waals surface area (Å²) in [6, 6.07) is 0.724. The highest BCUT2D eigenvalue weighted by molar-refractivity contribution is 4.80. The summed E-state index contributed by atoms with van der Waals surface area (Å²) < 4.78 is 0. The number of likely N-dealkylation sites (tertiary alicyclic amines) is 1. The summed E-state index contributed by atoms with van der Waals surface area (Å²) in [5.41, 5.74) is 5.65. The lowest BCUT2D eigenvalue weighted by Gasteiger charge is -2.27. The molecule has 0 amide bonds. The molecule has 2 unspecified atom stereocenters. The van der Waals surface area contributed by atoms with Crippen molar-refractivity contribution < 1.29 is 0 Å². The normalized spacial score (nSPS) is 28.2. The fourth-order valence-electron chi connectivity index (χ4n) is 1.85. The Hall–Kier alpha value is -0.0800. The molecule has 72 valence electrons. The largest absolute Gasteiger partial charge is 0.330 e. The Kier molecular flexibility index (Phi) is 3.53. The molecule has 0 radical (unpaired) electrons. The number of rotatable bonds is 3. The van der Waals surface area contributed by atoms with E-state index in [1.165, 1.54) is 19.5 Å².